The van der Waals surface area contributed by atoms with E-state index in [2.05, 4.69) is 21.2 Å². The van der Waals surface area contributed by atoms with Crippen LogP contribution in [0.1, 0.15) is 37.7 Å². The number of nitrogens with one attached hydrogen (secondary N) is 1. The molecule has 2 bridgehead atoms. The summed E-state index contributed by atoms with van der Waals surface area (Å²) in [6.07, 6.45) is 5.88. The minimum absolute atomic E-state index is 0.273. The zero-order chi connectivity index (χ0) is 14.1. The summed E-state index contributed by atoms with van der Waals surface area (Å²) in [6.45, 7) is 0. The molecule has 0 amide bonds. The highest BCUT2D eigenvalue weighted by molar-refractivity contribution is 9.10. The lowest BCUT2D eigenvalue weighted by atomic mass is 9.87. The van der Waals surface area contributed by atoms with Crippen LogP contribution in [0, 0.1) is 11.7 Å². The van der Waals surface area contributed by atoms with E-state index in [1.54, 1.807) is 12.1 Å². The molecule has 1 aromatic carbocycles. The molecule has 3 rings (SSSR count). The van der Waals surface area contributed by atoms with E-state index in [9.17, 15) is 9.18 Å². The Morgan fingerprint density at radius 2 is 2.00 bits per heavy atom. The zero-order valence-corrected chi connectivity index (χ0v) is 13.0. The molecule has 1 aromatic rings. The molecule has 4 heteroatoms. The second kappa shape index (κ2) is 5.94. The molecule has 0 radical (unpaired) electrons. The first-order valence-corrected chi connectivity index (χ1v) is 8.11. The third-order valence-electron chi connectivity index (χ3n) is 4.47. The highest BCUT2D eigenvalue weighted by atomic mass is 79.9. The van der Waals surface area contributed by atoms with Crippen LogP contribution in [0.4, 0.5) is 4.39 Å². The van der Waals surface area contributed by atoms with Crippen LogP contribution in [0.3, 0.4) is 0 Å². The lowest BCUT2D eigenvalue weighted by Crippen LogP contribution is -2.38. The van der Waals surface area contributed by atoms with E-state index < -0.39 is 0 Å². The van der Waals surface area contributed by atoms with Gasteiger partial charge >= 0.3 is 0 Å². The molecule has 2 saturated heterocycles. The Bertz CT molecular complexity index is 507. The molecule has 0 spiro atoms. The molecule has 1 N–H and O–H groups in total. The summed E-state index contributed by atoms with van der Waals surface area (Å²) >= 11 is 3.16. The predicted octanol–water partition coefficient (Wildman–Crippen LogP) is 3.62. The number of halogens is 2. The molecule has 2 fully saturated rings. The van der Waals surface area contributed by atoms with Crippen LogP contribution >= 0.6 is 15.9 Å². The Hall–Kier alpha value is -0.740. The number of carbonyl (C=O) groups is 1. The fourth-order valence-corrected chi connectivity index (χ4v) is 4.04. The van der Waals surface area contributed by atoms with Crippen LogP contribution < -0.4 is 5.32 Å². The SMILES string of the molecule is O=C(Cc1ccc(F)c(Br)c1)CC1CC2CCC(C1)N2. The molecule has 20 heavy (non-hydrogen) atoms. The minimum Gasteiger partial charge on any atom is -0.311 e. The first-order valence-electron chi connectivity index (χ1n) is 7.32. The van der Waals surface area contributed by atoms with Gasteiger partial charge < -0.3 is 5.32 Å². The summed E-state index contributed by atoms with van der Waals surface area (Å²) in [5.41, 5.74) is 0.889. The molecule has 0 saturated carbocycles. The fourth-order valence-electron chi connectivity index (χ4n) is 3.61. The van der Waals surface area contributed by atoms with E-state index in [4.69, 9.17) is 0 Å². The highest BCUT2D eigenvalue weighted by Gasteiger charge is 2.33. The number of piperidine rings is 1. The second-order valence-corrected chi connectivity index (χ2v) is 7.00. The highest BCUT2D eigenvalue weighted by Crippen LogP contribution is 2.33. The Morgan fingerprint density at radius 1 is 1.30 bits per heavy atom. The van der Waals surface area contributed by atoms with Crippen molar-refractivity contribution < 1.29 is 9.18 Å². The van der Waals surface area contributed by atoms with E-state index in [0.717, 1.165) is 18.4 Å². The summed E-state index contributed by atoms with van der Waals surface area (Å²) in [6, 6.07) is 6.08. The molecule has 2 heterocycles. The number of hydrogen-bond donors (Lipinski definition) is 1. The first kappa shape index (κ1) is 14.2. The molecular formula is C16H19BrFNO. The summed E-state index contributed by atoms with van der Waals surface area (Å²) in [5.74, 6) is 0.524. The topological polar surface area (TPSA) is 29.1 Å². The number of ketones is 1. The normalized spacial score (nSPS) is 28.6. The third kappa shape index (κ3) is 3.29. The smallest absolute Gasteiger partial charge is 0.137 e. The van der Waals surface area contributed by atoms with Gasteiger partial charge in [-0.25, -0.2) is 4.39 Å². The average molecular weight is 340 g/mol. The maximum Gasteiger partial charge on any atom is 0.137 e. The first-order chi connectivity index (χ1) is 9.60. The van der Waals surface area contributed by atoms with Crippen LogP contribution in [-0.4, -0.2) is 17.9 Å². The van der Waals surface area contributed by atoms with Crippen molar-refractivity contribution in [2.24, 2.45) is 5.92 Å². The van der Waals surface area contributed by atoms with Gasteiger partial charge in [0.2, 0.25) is 0 Å². The van der Waals surface area contributed by atoms with Crippen LogP contribution in [0.2, 0.25) is 0 Å². The maximum absolute atomic E-state index is 13.2. The monoisotopic (exact) mass is 339 g/mol. The van der Waals surface area contributed by atoms with Crippen molar-refractivity contribution in [3.8, 4) is 0 Å². The number of hydrogen-bond acceptors (Lipinski definition) is 2. The van der Waals surface area contributed by atoms with Gasteiger partial charge in [0.15, 0.2) is 0 Å². The van der Waals surface area contributed by atoms with E-state index in [1.165, 1.54) is 18.9 Å². The minimum atomic E-state index is -0.281. The Morgan fingerprint density at radius 3 is 2.65 bits per heavy atom. The summed E-state index contributed by atoms with van der Waals surface area (Å²) in [4.78, 5) is 12.2. The summed E-state index contributed by atoms with van der Waals surface area (Å²) < 4.78 is 13.6. The Kier molecular flexibility index (Phi) is 4.22. The van der Waals surface area contributed by atoms with E-state index in [0.29, 0.717) is 35.3 Å². The fraction of sp³-hybridized carbons (Fsp3) is 0.562. The number of benzene rings is 1. The Labute approximate surface area is 127 Å². The van der Waals surface area contributed by atoms with Gasteiger partial charge in [-0.05, 0) is 65.2 Å². The van der Waals surface area contributed by atoms with Crippen LogP contribution in [0.5, 0.6) is 0 Å². The van der Waals surface area contributed by atoms with Crippen molar-refractivity contribution in [3.05, 3.63) is 34.1 Å². The molecule has 0 aromatic heterocycles. The van der Waals surface area contributed by atoms with Crippen molar-refractivity contribution in [2.45, 2.75) is 50.6 Å². The van der Waals surface area contributed by atoms with Gasteiger partial charge in [-0.15, -0.1) is 0 Å². The number of carbonyl (C=O) groups excluding carboxylic acids is 1. The molecule has 0 aliphatic carbocycles. The lowest BCUT2D eigenvalue weighted by Gasteiger charge is -2.28. The lowest BCUT2D eigenvalue weighted by molar-refractivity contribution is -0.119. The van der Waals surface area contributed by atoms with Crippen molar-refractivity contribution in [2.75, 3.05) is 0 Å². The Balaban J connectivity index is 1.55. The van der Waals surface area contributed by atoms with E-state index >= 15 is 0 Å². The third-order valence-corrected chi connectivity index (χ3v) is 5.08. The van der Waals surface area contributed by atoms with Crippen LogP contribution in [0.15, 0.2) is 22.7 Å². The molecule has 2 atom stereocenters. The van der Waals surface area contributed by atoms with Gasteiger partial charge in [0, 0.05) is 24.9 Å². The summed E-state index contributed by atoms with van der Waals surface area (Å²) in [5, 5.41) is 3.60. The zero-order valence-electron chi connectivity index (χ0n) is 11.4. The van der Waals surface area contributed by atoms with Gasteiger partial charge in [0.25, 0.3) is 0 Å². The second-order valence-electron chi connectivity index (χ2n) is 6.14. The molecule has 2 unspecified atom stereocenters. The van der Waals surface area contributed by atoms with Crippen molar-refractivity contribution >= 4 is 21.7 Å². The van der Waals surface area contributed by atoms with Crippen LogP contribution in [0.25, 0.3) is 0 Å². The molecular weight excluding hydrogens is 321 g/mol. The van der Waals surface area contributed by atoms with Gasteiger partial charge in [-0.3, -0.25) is 4.79 Å². The van der Waals surface area contributed by atoms with Crippen molar-refractivity contribution in [1.29, 1.82) is 0 Å². The number of rotatable bonds is 4. The predicted molar refractivity (Wildman–Crippen MR) is 80.1 cm³/mol. The van der Waals surface area contributed by atoms with Gasteiger partial charge in [-0.2, -0.15) is 0 Å². The quantitative estimate of drug-likeness (QED) is 0.907. The van der Waals surface area contributed by atoms with Crippen LogP contribution in [-0.2, 0) is 11.2 Å². The average Bonchev–Trinajstić information content (AvgIpc) is 2.73. The van der Waals surface area contributed by atoms with E-state index in [-0.39, 0.29) is 11.6 Å². The van der Waals surface area contributed by atoms with Gasteiger partial charge in [0.05, 0.1) is 4.47 Å². The summed E-state index contributed by atoms with van der Waals surface area (Å²) in [7, 11) is 0. The largest absolute Gasteiger partial charge is 0.311 e. The molecule has 2 nitrogen and oxygen atoms in total. The number of Topliss-reactive ketones (excluding diaryl/α,β-unsaturated/α-hetero) is 1. The van der Waals surface area contributed by atoms with E-state index in [1.807, 2.05) is 0 Å². The number of fused-ring (bicyclic) bond motifs is 2. The standard InChI is InChI=1S/C16H19BrFNO/c17-15-9-10(1-4-16(15)18)7-14(20)8-11-5-12-2-3-13(6-11)19-12/h1,4,9,11-13,19H,2-3,5-8H2. The van der Waals surface area contributed by atoms with Crippen molar-refractivity contribution in [3.63, 3.8) is 0 Å². The maximum atomic E-state index is 13.2. The molecule has 2 aliphatic heterocycles. The molecule has 108 valence electrons. The van der Waals surface area contributed by atoms with Gasteiger partial charge in [0.1, 0.15) is 11.6 Å². The molecule has 2 aliphatic rings. The van der Waals surface area contributed by atoms with Crippen molar-refractivity contribution in [1.82, 2.24) is 5.32 Å². The van der Waals surface area contributed by atoms with Gasteiger partial charge in [-0.1, -0.05) is 6.07 Å².